The number of rotatable bonds is 28. The molecule has 2 N–H and O–H groups in total. The summed E-state index contributed by atoms with van der Waals surface area (Å²) in [6, 6.07) is 20.3. The predicted molar refractivity (Wildman–Crippen MR) is 538 cm³/mol. The average molecular weight is 1830 g/mol. The van der Waals surface area contributed by atoms with Gasteiger partial charge in [-0.25, -0.2) is 9.78 Å². The first-order valence-corrected chi connectivity index (χ1v) is 50.2. The Labute approximate surface area is 798 Å². The lowest BCUT2D eigenvalue weighted by atomic mass is 9.88. The van der Waals surface area contributed by atoms with E-state index in [1.54, 1.807) is 0 Å². The van der Waals surface area contributed by atoms with Crippen molar-refractivity contribution in [2.45, 2.75) is 404 Å². The second-order valence-electron chi connectivity index (χ2n) is 47.2. The number of benzene rings is 2. The molecule has 18 unspecified atom stereocenters. The SMILES string of the molecule is CC.CC.CC(C)=C=CC1C(C(OO)C(C)C)C1(C)C.CC(C)=CC1(C)C(C(=O)OC(C)C)C1(C)C.CC(C)=CC1C(C(=O)OC(C)C)C1(C)C.CC(C)=CC1C(C(=O)OC(C)C)C12CC2.CC(C)C(OO)C1CC1/C=C/c1ccccc1.CC(C)CC1C(C(=O)OC(C)C)C1(C)C.CC(C)OC(=O)C1(c2ccccc2)CC1(C)C.CC(C)OC(=O)C1C(C2CC2(C)C)C1(C)C. The van der Waals surface area contributed by atoms with Crippen LogP contribution < -0.4 is 0 Å². The van der Waals surface area contributed by atoms with Crippen molar-refractivity contribution in [2.75, 3.05) is 0 Å². The van der Waals surface area contributed by atoms with Gasteiger partial charge in [-0.1, -0.05) is 281 Å². The molecule has 0 radical (unpaired) electrons. The maximum Gasteiger partial charge on any atom is 0.317 e. The standard InChI is InChI=1S/2C15H20O2.3C14H24O2.C13H20O2.C13H24O2.C13H22O2.2C2H6/c1-11(2)17-13(16)15(10-14(15,3)4)12-8-6-5-7-9-12;1-11(2)15(17-16)14-10-13(14)9-8-12-6-4-3-5-7-12;1-8(2)16-12(15)11-10(14(11,5)6)9-7-13(9,3)4;1-9(2)8-14(7)11(13(14,5)6)12(15)16-10(3)4;1-9(2)7-8-11-12(14(11,5)6)13(16-15)10(3)4;1-8(2)7-10-11(13(10)5-6-13)12(14)15-9(3)4;2*1-8(2)7-10-11(13(10,5)6)12(14)15-9(3)4;2*1-2/h5-9,11H,10H2,1-4H3;3-9,11,13-16H,10H2,1-2H3;8-11H,7H2,1-6H3;8,10-11H,1-7H3;8,10-13,15H,1-6H3;7,9-11H,5-6H2,1-4H3;8-11H,7H2,1-6H3;7,9-11H,1-6H3;2*1-2H3/b;9-8+;;;;;;;;. The summed E-state index contributed by atoms with van der Waals surface area (Å²) in [5, 5.41) is 17.9. The van der Waals surface area contributed by atoms with Gasteiger partial charge in [0.25, 0.3) is 0 Å². The van der Waals surface area contributed by atoms with Crippen LogP contribution in [0.3, 0.4) is 0 Å². The molecule has 18 atom stereocenters. The van der Waals surface area contributed by atoms with Gasteiger partial charge in [-0.3, -0.25) is 39.3 Å². The van der Waals surface area contributed by atoms with Gasteiger partial charge < -0.3 is 28.4 Å². The summed E-state index contributed by atoms with van der Waals surface area (Å²) < 4.78 is 31.9. The smallest absolute Gasteiger partial charge is 0.317 e. The highest BCUT2D eigenvalue weighted by atomic mass is 17.1. The summed E-state index contributed by atoms with van der Waals surface area (Å²) in [6.45, 7) is 92.9. The summed E-state index contributed by atoms with van der Waals surface area (Å²) in [7, 11) is 0. The van der Waals surface area contributed by atoms with E-state index >= 15 is 0 Å². The number of hydrogen-bond acceptors (Lipinski definition) is 16. The molecule has 0 aliphatic heterocycles. The molecule has 12 rings (SSSR count). The topological polar surface area (TPSA) is 217 Å². The van der Waals surface area contributed by atoms with Crippen LogP contribution in [-0.4, -0.2) is 95.2 Å². The first-order valence-electron chi connectivity index (χ1n) is 50.2. The molecule has 0 amide bonds. The van der Waals surface area contributed by atoms with E-state index in [-0.39, 0.29) is 152 Å². The number of allylic oxidation sites excluding steroid dienone is 8. The third-order valence-electron chi connectivity index (χ3n) is 29.0. The molecular formula is C115H190O16. The minimum atomic E-state index is -0.432. The molecule has 2 aromatic rings. The molecule has 10 aliphatic rings. The number of carbonyl (C=O) groups excluding carboxylic acids is 6. The summed E-state index contributed by atoms with van der Waals surface area (Å²) in [5.41, 5.74) is 11.5. The van der Waals surface area contributed by atoms with E-state index < -0.39 is 5.41 Å². The number of ether oxygens (including phenoxy) is 6. The number of carbonyl (C=O) groups is 6. The number of hydrogen-bond donors (Lipinski definition) is 2. The van der Waals surface area contributed by atoms with E-state index in [1.165, 1.54) is 47.1 Å². The van der Waals surface area contributed by atoms with Crippen LogP contribution >= 0.6 is 0 Å². The van der Waals surface area contributed by atoms with Crippen LogP contribution in [-0.2, 0) is 72.4 Å². The van der Waals surface area contributed by atoms with Crippen LogP contribution in [0.4, 0.5) is 0 Å². The van der Waals surface area contributed by atoms with Crippen molar-refractivity contribution < 1.29 is 77.5 Å². The highest BCUT2D eigenvalue weighted by molar-refractivity contribution is 5.89. The Morgan fingerprint density at radius 2 is 0.870 bits per heavy atom. The monoisotopic (exact) mass is 1830 g/mol. The summed E-state index contributed by atoms with van der Waals surface area (Å²) in [6.07, 6.45) is 19.8. The summed E-state index contributed by atoms with van der Waals surface area (Å²) >= 11 is 0. The van der Waals surface area contributed by atoms with Crippen molar-refractivity contribution in [1.82, 2.24) is 0 Å². The highest BCUT2D eigenvalue weighted by Crippen LogP contribution is 2.77. The molecule has 16 heteroatoms. The molecular weight excluding hydrogens is 1640 g/mol. The van der Waals surface area contributed by atoms with Crippen molar-refractivity contribution in [1.29, 1.82) is 0 Å². The van der Waals surface area contributed by atoms with Crippen LogP contribution in [0.5, 0.6) is 0 Å². The zero-order chi connectivity index (χ0) is 101. The quantitative estimate of drug-likeness (QED) is 0.0202. The van der Waals surface area contributed by atoms with Crippen LogP contribution in [0.25, 0.3) is 6.08 Å². The lowest BCUT2D eigenvalue weighted by Crippen LogP contribution is -2.30. The van der Waals surface area contributed by atoms with E-state index in [2.05, 4.69) is 251 Å². The molecule has 0 saturated heterocycles. The van der Waals surface area contributed by atoms with Crippen LogP contribution in [0.15, 0.2) is 119 Å². The lowest BCUT2D eigenvalue weighted by Gasteiger charge is -2.21. The molecule has 0 bridgehead atoms. The molecule has 746 valence electrons. The largest absolute Gasteiger partial charge is 0.463 e. The highest BCUT2D eigenvalue weighted by Gasteiger charge is 2.75. The van der Waals surface area contributed by atoms with Crippen molar-refractivity contribution in [3.8, 4) is 0 Å². The van der Waals surface area contributed by atoms with Crippen molar-refractivity contribution in [2.24, 2.45) is 149 Å². The van der Waals surface area contributed by atoms with Gasteiger partial charge >= 0.3 is 35.8 Å². The maximum atomic E-state index is 12.3. The molecule has 2 aromatic carbocycles. The third kappa shape index (κ3) is 32.1. The van der Waals surface area contributed by atoms with Gasteiger partial charge in [0, 0.05) is 11.3 Å². The fourth-order valence-corrected chi connectivity index (χ4v) is 20.7. The maximum absolute atomic E-state index is 12.3. The van der Waals surface area contributed by atoms with E-state index in [4.69, 9.17) is 38.9 Å². The first kappa shape index (κ1) is 119. The second kappa shape index (κ2) is 48.5. The fraction of sp³-hybridized carbons (Fsp3) is 0.748. The molecule has 10 saturated carbocycles. The minimum Gasteiger partial charge on any atom is -0.463 e. The van der Waals surface area contributed by atoms with Gasteiger partial charge in [-0.05, 0) is 308 Å². The van der Waals surface area contributed by atoms with E-state index in [1.807, 2.05) is 173 Å². The normalized spacial score (nSPS) is 28.5. The first-order chi connectivity index (χ1) is 60.2. The van der Waals surface area contributed by atoms with Gasteiger partial charge in [0.05, 0.1) is 83.8 Å². The van der Waals surface area contributed by atoms with Gasteiger partial charge in [0.15, 0.2) is 0 Å². The van der Waals surface area contributed by atoms with E-state index in [0.717, 1.165) is 30.7 Å². The van der Waals surface area contributed by atoms with Crippen LogP contribution in [0.1, 0.15) is 361 Å². The van der Waals surface area contributed by atoms with Crippen LogP contribution in [0, 0.1) is 149 Å². The molecule has 0 heterocycles. The Morgan fingerprint density at radius 3 is 1.24 bits per heavy atom. The Kier molecular flexibility index (Phi) is 44.0. The molecule has 1 spiro atoms. The fourth-order valence-electron chi connectivity index (χ4n) is 20.7. The average Bonchev–Trinajstić information content (AvgIpc) is 1.54. The van der Waals surface area contributed by atoms with Gasteiger partial charge in [-0.15, -0.1) is 5.73 Å². The second-order valence-corrected chi connectivity index (χ2v) is 47.2. The van der Waals surface area contributed by atoms with Crippen molar-refractivity contribution in [3.63, 3.8) is 0 Å². The van der Waals surface area contributed by atoms with Gasteiger partial charge in [0.2, 0.25) is 0 Å². The van der Waals surface area contributed by atoms with E-state index in [0.29, 0.717) is 75.9 Å². The predicted octanol–water partition coefficient (Wildman–Crippen LogP) is 29.3. The summed E-state index contributed by atoms with van der Waals surface area (Å²) in [4.78, 5) is 80.9. The van der Waals surface area contributed by atoms with E-state index in [9.17, 15) is 28.8 Å². The zero-order valence-corrected chi connectivity index (χ0v) is 91.0. The molecule has 10 fully saturated rings. The lowest BCUT2D eigenvalue weighted by molar-refractivity contribution is -0.295. The van der Waals surface area contributed by atoms with Crippen molar-refractivity contribution in [3.05, 3.63) is 130 Å². The molecule has 0 aromatic heterocycles. The molecule has 16 nitrogen and oxygen atoms in total. The Bertz CT molecular complexity index is 4090. The summed E-state index contributed by atoms with van der Waals surface area (Å²) in [5.74, 6) is 6.18. The minimum absolute atomic E-state index is 0.000324. The Morgan fingerprint density at radius 1 is 0.466 bits per heavy atom. The Balaban J connectivity index is 0.000000384. The van der Waals surface area contributed by atoms with Gasteiger partial charge in [-0.2, -0.15) is 0 Å². The number of esters is 6. The Hall–Kier alpha value is -6.42. The van der Waals surface area contributed by atoms with Crippen molar-refractivity contribution >= 4 is 41.9 Å². The zero-order valence-electron chi connectivity index (χ0n) is 91.0. The molecule has 10 aliphatic carbocycles. The van der Waals surface area contributed by atoms with Crippen LogP contribution in [0.2, 0.25) is 0 Å². The molecule has 131 heavy (non-hydrogen) atoms. The van der Waals surface area contributed by atoms with Gasteiger partial charge in [0.1, 0.15) is 0 Å². The third-order valence-corrected chi connectivity index (χ3v) is 29.0.